The predicted octanol–water partition coefficient (Wildman–Crippen LogP) is -0.267. The van der Waals surface area contributed by atoms with Gasteiger partial charge in [0.1, 0.15) is 5.52 Å². The van der Waals surface area contributed by atoms with Crippen LogP contribution in [0, 0.1) is 0 Å². The maximum absolute atomic E-state index is 14.5. The van der Waals surface area contributed by atoms with Crippen LogP contribution in [0.4, 0.5) is 8.78 Å². The fourth-order valence-corrected chi connectivity index (χ4v) is 6.92. The summed E-state index contributed by atoms with van der Waals surface area (Å²) < 4.78 is 54.2. The average molecular weight is 721 g/mol. The standard InChI is InChI=1S/C34H29F2N3O6P2.2Na/c35-34(36,47(43,44)45)29-18-16-24(17-19-29)22-33(28-11-2-1-3-12-28,39-32-15-5-4-14-31(32)37-38-39)23-25-8-6-9-26(20-25)27-10-7-13-30(21-27)46(40,41)42;;/h1-21H,22-23H2,(H2,40,41,42)(H2,43,44,45);;/q;2*+1/p-1. The first-order chi connectivity index (χ1) is 22.3. The van der Waals surface area contributed by atoms with Gasteiger partial charge in [0.05, 0.1) is 11.1 Å². The molecule has 0 aliphatic rings. The monoisotopic (exact) mass is 720 g/mol. The summed E-state index contributed by atoms with van der Waals surface area (Å²) in [6.07, 6.45) is 0.536. The molecule has 0 saturated heterocycles. The zero-order valence-corrected chi connectivity index (χ0v) is 32.4. The van der Waals surface area contributed by atoms with E-state index in [0.717, 1.165) is 28.8 Å². The second-order valence-electron chi connectivity index (χ2n) is 11.3. The minimum atomic E-state index is -5.75. The van der Waals surface area contributed by atoms with Crippen molar-refractivity contribution in [2.24, 2.45) is 0 Å². The Morgan fingerprint density at radius 1 is 0.673 bits per heavy atom. The van der Waals surface area contributed by atoms with Crippen molar-refractivity contribution in [2.75, 3.05) is 0 Å². The van der Waals surface area contributed by atoms with E-state index in [0.29, 0.717) is 28.6 Å². The van der Waals surface area contributed by atoms with Gasteiger partial charge in [0, 0.05) is 23.7 Å². The topological polar surface area (TPSA) is 149 Å². The third kappa shape index (κ3) is 8.26. The number of hydrogen-bond acceptors (Lipinski definition) is 5. The van der Waals surface area contributed by atoms with Gasteiger partial charge >= 0.3 is 72.4 Å². The molecule has 2 unspecified atom stereocenters. The zero-order valence-electron chi connectivity index (χ0n) is 26.6. The molecule has 0 amide bonds. The van der Waals surface area contributed by atoms with Crippen LogP contribution in [0.15, 0.2) is 127 Å². The summed E-state index contributed by atoms with van der Waals surface area (Å²) in [7, 11) is -10.5. The first kappa shape index (κ1) is 39.4. The summed E-state index contributed by atoms with van der Waals surface area (Å²) in [6.45, 7) is 0. The van der Waals surface area contributed by atoms with Crippen LogP contribution in [-0.4, -0.2) is 29.7 Å². The van der Waals surface area contributed by atoms with Crippen LogP contribution in [0.5, 0.6) is 0 Å². The molecule has 15 heteroatoms. The first-order valence-corrected chi connectivity index (χ1v) is 17.6. The zero-order chi connectivity index (χ0) is 33.5. The van der Waals surface area contributed by atoms with Crippen LogP contribution in [0.2, 0.25) is 0 Å². The Bertz CT molecular complexity index is 2160. The van der Waals surface area contributed by atoms with Crippen molar-refractivity contribution in [3.63, 3.8) is 0 Å². The molecule has 0 bridgehead atoms. The molecule has 240 valence electrons. The molecule has 0 aliphatic heterocycles. The van der Waals surface area contributed by atoms with E-state index in [-0.39, 0.29) is 70.8 Å². The Morgan fingerprint density at radius 3 is 1.92 bits per heavy atom. The van der Waals surface area contributed by atoms with E-state index in [4.69, 9.17) is 0 Å². The number of nitrogens with zero attached hydrogens (tertiary/aromatic N) is 3. The molecule has 0 aliphatic carbocycles. The number of rotatable bonds is 10. The van der Waals surface area contributed by atoms with E-state index in [1.165, 1.54) is 24.3 Å². The quantitative estimate of drug-likeness (QED) is 0.130. The summed E-state index contributed by atoms with van der Waals surface area (Å²) in [5.41, 5.74) is -1.25. The van der Waals surface area contributed by atoms with Crippen molar-refractivity contribution >= 4 is 31.5 Å². The van der Waals surface area contributed by atoms with Gasteiger partial charge in [0.2, 0.25) is 0 Å². The van der Waals surface area contributed by atoms with Gasteiger partial charge in [0.15, 0.2) is 7.60 Å². The second-order valence-corrected chi connectivity index (χ2v) is 14.5. The predicted molar refractivity (Wildman–Crippen MR) is 172 cm³/mol. The molecule has 1 aromatic heterocycles. The normalized spacial score (nSPS) is 14.2. The van der Waals surface area contributed by atoms with Crippen molar-refractivity contribution in [1.82, 2.24) is 15.0 Å². The third-order valence-electron chi connectivity index (χ3n) is 8.16. The van der Waals surface area contributed by atoms with Crippen LogP contribution >= 0.6 is 15.2 Å². The van der Waals surface area contributed by atoms with E-state index >= 15 is 0 Å². The number of alkyl halides is 2. The SMILES string of the molecule is O=P([O-])(O)c1cccc(-c2cccc(CC(Cc3ccc(C(F)(F)P(=O)(O)O)cc3)(c3ccccc3)n3nnc4ccccc43)c2)c1.[Na+].[Na+]. The number of para-hydroxylation sites is 1. The fourth-order valence-electron chi connectivity index (χ4n) is 5.86. The third-order valence-corrected chi connectivity index (χ3v) is 10.1. The van der Waals surface area contributed by atoms with Crippen molar-refractivity contribution in [3.05, 3.63) is 150 Å². The molecule has 0 spiro atoms. The number of aromatic nitrogens is 3. The van der Waals surface area contributed by atoms with Crippen LogP contribution in [0.1, 0.15) is 22.3 Å². The Balaban J connectivity index is 0.00000270. The van der Waals surface area contributed by atoms with Gasteiger partial charge in [-0.25, -0.2) is 4.68 Å². The van der Waals surface area contributed by atoms with E-state index in [2.05, 4.69) is 10.3 Å². The molecule has 5 aromatic carbocycles. The smallest absolute Gasteiger partial charge is 0.775 e. The Kier molecular flexibility index (Phi) is 12.5. The molecule has 6 aromatic rings. The molecule has 0 saturated carbocycles. The van der Waals surface area contributed by atoms with Gasteiger partial charge in [-0.15, -0.1) is 5.10 Å². The summed E-state index contributed by atoms with van der Waals surface area (Å²) in [5.74, 6) is 0. The van der Waals surface area contributed by atoms with Crippen molar-refractivity contribution in [2.45, 2.75) is 24.0 Å². The van der Waals surface area contributed by atoms with Crippen LogP contribution in [-0.2, 0) is 33.2 Å². The summed E-state index contributed by atoms with van der Waals surface area (Å²) in [4.78, 5) is 40.0. The molecular weight excluding hydrogens is 692 g/mol. The van der Waals surface area contributed by atoms with Crippen LogP contribution < -0.4 is 69.3 Å². The van der Waals surface area contributed by atoms with Crippen LogP contribution in [0.3, 0.4) is 0 Å². The fraction of sp³-hybridized carbons (Fsp3) is 0.118. The average Bonchev–Trinajstić information content (AvgIpc) is 3.49. The van der Waals surface area contributed by atoms with Crippen molar-refractivity contribution < 1.29 is 96.6 Å². The minimum absolute atomic E-state index is 0. The van der Waals surface area contributed by atoms with Gasteiger partial charge in [-0.3, -0.25) is 4.57 Å². The molecule has 3 N–H and O–H groups in total. The number of hydrogen-bond donors (Lipinski definition) is 3. The number of fused-ring (bicyclic) bond motifs is 1. The Morgan fingerprint density at radius 2 is 1.27 bits per heavy atom. The van der Waals surface area contributed by atoms with Gasteiger partial charge in [-0.1, -0.05) is 114 Å². The molecule has 1 heterocycles. The molecule has 49 heavy (non-hydrogen) atoms. The number of benzene rings is 5. The van der Waals surface area contributed by atoms with Gasteiger partial charge < -0.3 is 24.1 Å². The van der Waals surface area contributed by atoms with Gasteiger partial charge in [-0.2, -0.15) is 8.78 Å². The van der Waals surface area contributed by atoms with Gasteiger partial charge in [0.25, 0.3) is 0 Å². The Hall–Kier alpha value is -2.34. The Labute approximate surface area is 325 Å². The summed E-state index contributed by atoms with van der Waals surface area (Å²) in [5, 5.41) is 8.80. The minimum Gasteiger partial charge on any atom is -0.775 e. The maximum Gasteiger partial charge on any atom is 1.00 e. The van der Waals surface area contributed by atoms with E-state index in [1.54, 1.807) is 12.1 Å². The van der Waals surface area contributed by atoms with Gasteiger partial charge in [-0.05, 0) is 46.0 Å². The van der Waals surface area contributed by atoms with Crippen molar-refractivity contribution in [3.8, 4) is 11.1 Å². The molecular formula is C34H28F2N3Na2O6P2+. The van der Waals surface area contributed by atoms with E-state index < -0.39 is 32.0 Å². The number of halogens is 2. The molecule has 9 nitrogen and oxygen atoms in total. The molecule has 2 atom stereocenters. The van der Waals surface area contributed by atoms with Crippen molar-refractivity contribution in [1.29, 1.82) is 0 Å². The summed E-state index contributed by atoms with van der Waals surface area (Å²) in [6, 6.07) is 35.3. The molecule has 0 radical (unpaired) electrons. The molecule has 0 fully saturated rings. The molecule has 6 rings (SSSR count). The van der Waals surface area contributed by atoms with E-state index in [1.807, 2.05) is 83.5 Å². The van der Waals surface area contributed by atoms with E-state index in [9.17, 15) is 37.5 Å². The second kappa shape index (κ2) is 15.5. The maximum atomic E-state index is 14.5. The summed E-state index contributed by atoms with van der Waals surface area (Å²) >= 11 is 0. The first-order valence-electron chi connectivity index (χ1n) is 14.4. The van der Waals surface area contributed by atoms with Crippen LogP contribution in [0.25, 0.3) is 22.2 Å². The largest absolute Gasteiger partial charge is 1.00 e.